The first kappa shape index (κ1) is 9.71. The number of benzene rings is 1. The summed E-state index contributed by atoms with van der Waals surface area (Å²) in [5, 5.41) is 2.57. The van der Waals surface area contributed by atoms with Crippen molar-refractivity contribution in [2.75, 3.05) is 0 Å². The molecule has 0 fully saturated rings. The van der Waals surface area contributed by atoms with Gasteiger partial charge in [0.2, 0.25) is 0 Å². The van der Waals surface area contributed by atoms with Gasteiger partial charge in [-0.1, -0.05) is 19.1 Å². The summed E-state index contributed by atoms with van der Waals surface area (Å²) in [5.41, 5.74) is 0.927. The second kappa shape index (κ2) is 3.73. The second-order valence-electron chi connectivity index (χ2n) is 3.25. The van der Waals surface area contributed by atoms with Crippen molar-refractivity contribution in [1.82, 2.24) is 9.78 Å². The van der Waals surface area contributed by atoms with Crippen molar-refractivity contribution in [1.29, 1.82) is 0 Å². The lowest BCUT2D eigenvalue weighted by molar-refractivity contribution is 0.606. The van der Waals surface area contributed by atoms with Crippen LogP contribution in [0.4, 0.5) is 4.39 Å². The Morgan fingerprint density at radius 1 is 1.40 bits per heavy atom. The van der Waals surface area contributed by atoms with Crippen molar-refractivity contribution in [2.24, 2.45) is 0 Å². The third-order valence-corrected chi connectivity index (χ3v) is 2.26. The van der Waals surface area contributed by atoms with Crippen molar-refractivity contribution in [3.05, 3.63) is 52.2 Å². The number of nitrogens with one attached hydrogen (secondary N) is 1. The van der Waals surface area contributed by atoms with Gasteiger partial charge in [0, 0.05) is 11.8 Å². The van der Waals surface area contributed by atoms with E-state index < -0.39 is 0 Å². The highest BCUT2D eigenvalue weighted by molar-refractivity contribution is 5.34. The van der Waals surface area contributed by atoms with Crippen molar-refractivity contribution in [3.63, 3.8) is 0 Å². The maximum Gasteiger partial charge on any atom is 0.264 e. The van der Waals surface area contributed by atoms with E-state index in [-0.39, 0.29) is 11.4 Å². The van der Waals surface area contributed by atoms with Gasteiger partial charge in [-0.2, -0.15) is 0 Å². The van der Waals surface area contributed by atoms with E-state index in [1.165, 1.54) is 16.8 Å². The molecule has 4 heteroatoms. The molecule has 0 aliphatic rings. The topological polar surface area (TPSA) is 37.8 Å². The number of rotatable bonds is 2. The molecule has 1 aromatic heterocycles. The fourth-order valence-electron chi connectivity index (χ4n) is 1.54. The van der Waals surface area contributed by atoms with E-state index >= 15 is 0 Å². The fraction of sp³-hybridized carbons (Fsp3) is 0.182. The summed E-state index contributed by atoms with van der Waals surface area (Å²) in [6.07, 6.45) is 0.674. The zero-order valence-corrected chi connectivity index (χ0v) is 8.33. The van der Waals surface area contributed by atoms with Crippen LogP contribution < -0.4 is 5.56 Å². The molecule has 0 bridgehead atoms. The van der Waals surface area contributed by atoms with Crippen LogP contribution in [0, 0.1) is 5.82 Å². The number of para-hydroxylation sites is 1. The lowest BCUT2D eigenvalue weighted by atomic mass is 10.3. The maximum absolute atomic E-state index is 13.5. The average Bonchev–Trinajstić information content (AvgIpc) is 2.60. The molecule has 2 rings (SSSR count). The summed E-state index contributed by atoms with van der Waals surface area (Å²) in [7, 11) is 0. The first-order valence-corrected chi connectivity index (χ1v) is 4.78. The highest BCUT2D eigenvalue weighted by Crippen LogP contribution is 2.13. The molecule has 78 valence electrons. The second-order valence-corrected chi connectivity index (χ2v) is 3.25. The SMILES string of the molecule is CCc1cc(=O)[nH]n1-c1ccccc1F. The summed E-state index contributed by atoms with van der Waals surface area (Å²) in [5.74, 6) is -0.348. The van der Waals surface area contributed by atoms with Crippen LogP contribution in [0.5, 0.6) is 0 Å². The first-order valence-electron chi connectivity index (χ1n) is 4.78. The smallest absolute Gasteiger partial charge is 0.264 e. The van der Waals surface area contributed by atoms with Crippen molar-refractivity contribution in [2.45, 2.75) is 13.3 Å². The van der Waals surface area contributed by atoms with Crippen molar-refractivity contribution >= 4 is 0 Å². The Hall–Kier alpha value is -1.84. The van der Waals surface area contributed by atoms with E-state index in [0.717, 1.165) is 5.69 Å². The predicted octanol–water partition coefficient (Wildman–Crippen LogP) is 1.87. The molecule has 2 aromatic rings. The number of halogens is 1. The lowest BCUT2D eigenvalue weighted by Crippen LogP contribution is -2.06. The van der Waals surface area contributed by atoms with Gasteiger partial charge in [-0.3, -0.25) is 14.6 Å². The van der Waals surface area contributed by atoms with Crippen molar-refractivity contribution in [3.8, 4) is 5.69 Å². The van der Waals surface area contributed by atoms with Gasteiger partial charge in [0.1, 0.15) is 5.82 Å². The normalized spacial score (nSPS) is 10.5. The van der Waals surface area contributed by atoms with Gasteiger partial charge in [0.15, 0.2) is 0 Å². The van der Waals surface area contributed by atoms with E-state index in [0.29, 0.717) is 12.1 Å². The number of nitrogens with zero attached hydrogens (tertiary/aromatic N) is 1. The van der Waals surface area contributed by atoms with Crippen LogP contribution in [-0.4, -0.2) is 9.78 Å². The standard InChI is InChI=1S/C11H11FN2O/c1-2-8-7-11(15)13-14(8)10-6-4-3-5-9(10)12/h3-7H,2H2,1H3,(H,13,15). The molecule has 0 aliphatic heterocycles. The Bertz CT molecular complexity index is 527. The zero-order chi connectivity index (χ0) is 10.8. The molecule has 15 heavy (non-hydrogen) atoms. The average molecular weight is 206 g/mol. The van der Waals surface area contributed by atoms with Crippen LogP contribution in [0.2, 0.25) is 0 Å². The van der Waals surface area contributed by atoms with Gasteiger partial charge >= 0.3 is 0 Å². The summed E-state index contributed by atoms with van der Waals surface area (Å²) in [4.78, 5) is 11.2. The van der Waals surface area contributed by atoms with Gasteiger partial charge in [0.05, 0.1) is 5.69 Å². The van der Waals surface area contributed by atoms with Gasteiger partial charge in [-0.15, -0.1) is 0 Å². The highest BCUT2D eigenvalue weighted by Gasteiger charge is 2.08. The molecule has 3 nitrogen and oxygen atoms in total. The van der Waals surface area contributed by atoms with E-state index in [1.807, 2.05) is 6.92 Å². The minimum absolute atomic E-state index is 0.213. The van der Waals surface area contributed by atoms with Crippen LogP contribution in [0.3, 0.4) is 0 Å². The Balaban J connectivity index is 2.63. The summed E-state index contributed by atoms with van der Waals surface area (Å²) in [6, 6.07) is 7.83. The third-order valence-electron chi connectivity index (χ3n) is 2.26. The number of hydrogen-bond acceptors (Lipinski definition) is 1. The Labute approximate surface area is 86.2 Å². The summed E-state index contributed by atoms with van der Waals surface area (Å²) in [6.45, 7) is 1.92. The predicted molar refractivity (Wildman–Crippen MR) is 55.7 cm³/mol. The third kappa shape index (κ3) is 1.70. The van der Waals surface area contributed by atoms with Gasteiger partial charge < -0.3 is 0 Å². The van der Waals surface area contributed by atoms with Crippen LogP contribution in [0.15, 0.2) is 35.1 Å². The van der Waals surface area contributed by atoms with Crippen LogP contribution in [0.25, 0.3) is 5.69 Å². The molecule has 0 amide bonds. The van der Waals surface area contributed by atoms with Gasteiger partial charge in [-0.25, -0.2) is 4.39 Å². The number of hydrogen-bond donors (Lipinski definition) is 1. The molecule has 1 N–H and O–H groups in total. The molecule has 1 aromatic carbocycles. The Kier molecular flexibility index (Phi) is 2.41. The monoisotopic (exact) mass is 206 g/mol. The quantitative estimate of drug-likeness (QED) is 0.800. The number of aromatic nitrogens is 2. The summed E-state index contributed by atoms with van der Waals surface area (Å²) < 4.78 is 14.9. The maximum atomic E-state index is 13.5. The molecule has 0 aliphatic carbocycles. The van der Waals surface area contributed by atoms with Crippen LogP contribution >= 0.6 is 0 Å². The number of H-pyrrole nitrogens is 1. The molecule has 1 heterocycles. The van der Waals surface area contributed by atoms with E-state index in [4.69, 9.17) is 0 Å². The largest absolute Gasteiger partial charge is 0.268 e. The van der Waals surface area contributed by atoms with E-state index in [2.05, 4.69) is 5.10 Å². The minimum Gasteiger partial charge on any atom is -0.268 e. The highest BCUT2D eigenvalue weighted by atomic mass is 19.1. The van der Waals surface area contributed by atoms with Gasteiger partial charge in [0.25, 0.3) is 5.56 Å². The summed E-state index contributed by atoms with van der Waals surface area (Å²) >= 11 is 0. The minimum atomic E-state index is -0.348. The number of aromatic amines is 1. The zero-order valence-electron chi connectivity index (χ0n) is 8.33. The lowest BCUT2D eigenvalue weighted by Gasteiger charge is -2.07. The fourth-order valence-corrected chi connectivity index (χ4v) is 1.54. The van der Waals surface area contributed by atoms with Crippen LogP contribution in [0.1, 0.15) is 12.6 Å². The molecular weight excluding hydrogens is 195 g/mol. The van der Waals surface area contributed by atoms with E-state index in [9.17, 15) is 9.18 Å². The molecule has 0 spiro atoms. The molecule has 0 radical (unpaired) electrons. The van der Waals surface area contributed by atoms with Crippen molar-refractivity contribution < 1.29 is 4.39 Å². The Morgan fingerprint density at radius 2 is 2.13 bits per heavy atom. The Morgan fingerprint density at radius 3 is 2.80 bits per heavy atom. The molecule has 0 saturated heterocycles. The van der Waals surface area contributed by atoms with Crippen LogP contribution in [-0.2, 0) is 6.42 Å². The number of aryl methyl sites for hydroxylation is 1. The molecule has 0 unspecified atom stereocenters. The molecular formula is C11H11FN2O. The van der Waals surface area contributed by atoms with Gasteiger partial charge in [-0.05, 0) is 18.6 Å². The first-order chi connectivity index (χ1) is 7.22. The molecule has 0 saturated carbocycles. The molecule has 0 atom stereocenters. The van der Waals surface area contributed by atoms with E-state index in [1.54, 1.807) is 18.2 Å².